The number of hydrogen-bond acceptors (Lipinski definition) is 0. The summed E-state index contributed by atoms with van der Waals surface area (Å²) in [5.74, 6) is 3.65. The number of alkyl halides is 1. The molecule has 0 spiro atoms. The summed E-state index contributed by atoms with van der Waals surface area (Å²) in [7, 11) is 0. The van der Waals surface area contributed by atoms with Gasteiger partial charge in [0, 0.05) is 5.33 Å². The van der Waals surface area contributed by atoms with Gasteiger partial charge in [0.05, 0.1) is 0 Å². The third kappa shape index (κ3) is 15.2. The Bertz CT molecular complexity index is 212. The zero-order valence-corrected chi connectivity index (χ0v) is 17.1. The minimum Gasteiger partial charge on any atom is -0.0928 e. The van der Waals surface area contributed by atoms with Crippen molar-refractivity contribution in [3.63, 3.8) is 0 Å². The van der Waals surface area contributed by atoms with Gasteiger partial charge in [0.25, 0.3) is 0 Å². The zero-order valence-electron chi connectivity index (χ0n) is 15.5. The average Bonchev–Trinajstić information content (AvgIpc) is 2.38. The van der Waals surface area contributed by atoms with Gasteiger partial charge < -0.3 is 0 Å². The molecule has 0 aromatic heterocycles. The van der Waals surface area contributed by atoms with Crippen LogP contribution in [0.4, 0.5) is 0 Å². The first kappa shape index (κ1) is 21.5. The molecule has 0 rings (SSSR count). The molecule has 0 bridgehead atoms. The van der Waals surface area contributed by atoms with Gasteiger partial charge in [-0.3, -0.25) is 0 Å². The van der Waals surface area contributed by atoms with Crippen molar-refractivity contribution in [3.8, 4) is 0 Å². The van der Waals surface area contributed by atoms with E-state index >= 15 is 0 Å². The Labute approximate surface area is 144 Å². The van der Waals surface area contributed by atoms with Crippen LogP contribution in [-0.4, -0.2) is 5.33 Å². The molecule has 0 saturated heterocycles. The lowest BCUT2D eigenvalue weighted by molar-refractivity contribution is 0.377. The molecule has 0 fully saturated rings. The van der Waals surface area contributed by atoms with Crippen molar-refractivity contribution < 1.29 is 0 Å². The van der Waals surface area contributed by atoms with Crippen molar-refractivity contribution in [1.29, 1.82) is 0 Å². The van der Waals surface area contributed by atoms with Crippen LogP contribution in [0.25, 0.3) is 0 Å². The fourth-order valence-electron chi connectivity index (χ4n) is 3.12. The molecule has 0 aliphatic rings. The quantitative estimate of drug-likeness (QED) is 0.276. The highest BCUT2D eigenvalue weighted by Gasteiger charge is 2.07. The summed E-state index contributed by atoms with van der Waals surface area (Å²) in [4.78, 5) is 0. The Morgan fingerprint density at radius 2 is 0.857 bits per heavy atom. The minimum absolute atomic E-state index is 0.879. The van der Waals surface area contributed by atoms with E-state index in [1.165, 1.54) is 69.5 Å². The van der Waals surface area contributed by atoms with Crippen molar-refractivity contribution in [2.45, 2.75) is 98.8 Å². The van der Waals surface area contributed by atoms with Crippen LogP contribution in [0.1, 0.15) is 98.8 Å². The molecular weight excluding hydrogens is 320 g/mol. The Morgan fingerprint density at radius 3 is 1.19 bits per heavy atom. The van der Waals surface area contributed by atoms with Crippen LogP contribution >= 0.6 is 15.9 Å². The smallest absolute Gasteiger partial charge is 0.00338 e. The van der Waals surface area contributed by atoms with E-state index in [1.54, 1.807) is 0 Å². The van der Waals surface area contributed by atoms with Gasteiger partial charge in [-0.15, -0.1) is 0 Å². The van der Waals surface area contributed by atoms with Crippen LogP contribution in [0, 0.1) is 23.7 Å². The summed E-state index contributed by atoms with van der Waals surface area (Å²) < 4.78 is 0. The first-order valence-electron chi connectivity index (χ1n) is 9.51. The van der Waals surface area contributed by atoms with Crippen molar-refractivity contribution >= 4 is 15.9 Å². The Morgan fingerprint density at radius 1 is 0.524 bits per heavy atom. The van der Waals surface area contributed by atoms with Crippen LogP contribution < -0.4 is 0 Å². The Hall–Kier alpha value is 0.480. The molecule has 0 aliphatic carbocycles. The van der Waals surface area contributed by atoms with Crippen LogP contribution in [0.5, 0.6) is 0 Å². The lowest BCUT2D eigenvalue weighted by atomic mass is 9.91. The molecule has 21 heavy (non-hydrogen) atoms. The standard InChI is InChI=1S/C20H41Br/c1-17(2)9-6-10-18(3)11-7-12-19(4)13-8-14-20(5)15-16-21/h17-20H,6-16H2,1-5H3/t18-,19-,20+/m0/s1. The highest BCUT2D eigenvalue weighted by atomic mass is 79.9. The van der Waals surface area contributed by atoms with E-state index in [2.05, 4.69) is 50.5 Å². The van der Waals surface area contributed by atoms with Crippen LogP contribution in [0.15, 0.2) is 0 Å². The number of hydrogen-bond donors (Lipinski definition) is 0. The molecule has 0 heterocycles. The minimum atomic E-state index is 0.879. The van der Waals surface area contributed by atoms with E-state index in [1.807, 2.05) is 0 Å². The summed E-state index contributed by atoms with van der Waals surface area (Å²) in [6.07, 6.45) is 14.2. The lowest BCUT2D eigenvalue weighted by Crippen LogP contribution is -2.01. The molecule has 0 aromatic carbocycles. The van der Waals surface area contributed by atoms with Crippen LogP contribution in [0.3, 0.4) is 0 Å². The predicted octanol–water partition coefficient (Wildman–Crippen LogP) is 7.85. The molecule has 0 unspecified atom stereocenters. The van der Waals surface area contributed by atoms with Gasteiger partial charge in [0.15, 0.2) is 0 Å². The summed E-state index contributed by atoms with van der Waals surface area (Å²) >= 11 is 3.54. The predicted molar refractivity (Wildman–Crippen MR) is 102 cm³/mol. The Kier molecular flexibility index (Phi) is 14.4. The number of halogens is 1. The van der Waals surface area contributed by atoms with Crippen molar-refractivity contribution in [2.24, 2.45) is 23.7 Å². The topological polar surface area (TPSA) is 0 Å². The average molecular weight is 361 g/mol. The van der Waals surface area contributed by atoms with Crippen LogP contribution in [-0.2, 0) is 0 Å². The second-order valence-electron chi connectivity index (χ2n) is 7.98. The first-order valence-corrected chi connectivity index (χ1v) is 10.6. The fraction of sp³-hybridized carbons (Fsp3) is 1.00. The first-order chi connectivity index (χ1) is 9.95. The molecule has 128 valence electrons. The second kappa shape index (κ2) is 14.1. The Balaban J connectivity index is 3.45. The molecular formula is C20H41Br. The normalized spacial score (nSPS) is 16.1. The fourth-order valence-corrected chi connectivity index (χ4v) is 3.90. The summed E-state index contributed by atoms with van der Waals surface area (Å²) in [6.45, 7) is 12.0. The second-order valence-corrected chi connectivity index (χ2v) is 8.77. The van der Waals surface area contributed by atoms with Gasteiger partial charge in [0.1, 0.15) is 0 Å². The van der Waals surface area contributed by atoms with E-state index in [4.69, 9.17) is 0 Å². The third-order valence-electron chi connectivity index (χ3n) is 4.87. The van der Waals surface area contributed by atoms with E-state index < -0.39 is 0 Å². The maximum atomic E-state index is 3.54. The van der Waals surface area contributed by atoms with Crippen LogP contribution in [0.2, 0.25) is 0 Å². The van der Waals surface area contributed by atoms with Gasteiger partial charge in [-0.1, -0.05) is 108 Å². The van der Waals surface area contributed by atoms with E-state index in [0.717, 1.165) is 23.7 Å². The summed E-state index contributed by atoms with van der Waals surface area (Å²) in [6, 6.07) is 0. The van der Waals surface area contributed by atoms with Gasteiger partial charge >= 0.3 is 0 Å². The number of rotatable bonds is 14. The monoisotopic (exact) mass is 360 g/mol. The maximum absolute atomic E-state index is 3.54. The molecule has 0 aliphatic heterocycles. The molecule has 1 heteroatoms. The molecule has 3 atom stereocenters. The maximum Gasteiger partial charge on any atom is 0.00338 e. The van der Waals surface area contributed by atoms with E-state index in [-0.39, 0.29) is 0 Å². The summed E-state index contributed by atoms with van der Waals surface area (Å²) in [5, 5.41) is 1.17. The molecule has 0 nitrogen and oxygen atoms in total. The zero-order chi connectivity index (χ0) is 16.1. The largest absolute Gasteiger partial charge is 0.0928 e. The van der Waals surface area contributed by atoms with Crippen molar-refractivity contribution in [2.75, 3.05) is 5.33 Å². The highest BCUT2D eigenvalue weighted by molar-refractivity contribution is 9.09. The van der Waals surface area contributed by atoms with E-state index in [9.17, 15) is 0 Å². The van der Waals surface area contributed by atoms with Gasteiger partial charge in [-0.2, -0.15) is 0 Å². The van der Waals surface area contributed by atoms with Gasteiger partial charge in [0.2, 0.25) is 0 Å². The van der Waals surface area contributed by atoms with Crippen molar-refractivity contribution in [1.82, 2.24) is 0 Å². The SMILES string of the molecule is CC(C)CCC[C@H](C)CCC[C@H](C)CCC[C@@H](C)CCBr. The molecule has 0 amide bonds. The molecule has 0 aromatic rings. The lowest BCUT2D eigenvalue weighted by Gasteiger charge is -2.16. The summed E-state index contributed by atoms with van der Waals surface area (Å²) in [5.41, 5.74) is 0. The molecule has 0 saturated carbocycles. The van der Waals surface area contributed by atoms with Gasteiger partial charge in [-0.25, -0.2) is 0 Å². The van der Waals surface area contributed by atoms with Gasteiger partial charge in [-0.05, 0) is 30.1 Å². The third-order valence-corrected chi connectivity index (χ3v) is 5.33. The molecule has 0 radical (unpaired) electrons. The van der Waals surface area contributed by atoms with E-state index in [0.29, 0.717) is 0 Å². The highest BCUT2D eigenvalue weighted by Crippen LogP contribution is 2.22. The molecule has 0 N–H and O–H groups in total. The van der Waals surface area contributed by atoms with Crippen molar-refractivity contribution in [3.05, 3.63) is 0 Å².